The number of hydrogen-bond acceptors (Lipinski definition) is 2. The summed E-state index contributed by atoms with van der Waals surface area (Å²) >= 11 is 0. The average Bonchev–Trinajstić information content (AvgIpc) is 2.27. The van der Waals surface area contributed by atoms with Crippen molar-refractivity contribution < 1.29 is 23.1 Å². The highest BCUT2D eigenvalue weighted by molar-refractivity contribution is 5.88. The second-order valence-corrected chi connectivity index (χ2v) is 4.35. The number of rotatable bonds is 2. The van der Waals surface area contributed by atoms with Crippen LogP contribution in [-0.4, -0.2) is 30.1 Å². The Balaban J connectivity index is 2.26. The van der Waals surface area contributed by atoms with Gasteiger partial charge in [0.05, 0.1) is 17.8 Å². The molecule has 1 heterocycles. The molecular formula is C12H12F3NO2. The topological polar surface area (TPSA) is 40.5 Å². The molecule has 1 aromatic rings. The molecule has 1 aliphatic rings. The molecule has 0 unspecified atom stereocenters. The van der Waals surface area contributed by atoms with Crippen LogP contribution in [0.25, 0.3) is 0 Å². The molecule has 98 valence electrons. The first-order valence-corrected chi connectivity index (χ1v) is 5.55. The minimum atomic E-state index is -2.82. The first-order chi connectivity index (χ1) is 8.39. The molecule has 3 nitrogen and oxygen atoms in total. The van der Waals surface area contributed by atoms with Crippen molar-refractivity contribution in [2.24, 2.45) is 0 Å². The van der Waals surface area contributed by atoms with Crippen LogP contribution in [0.3, 0.4) is 0 Å². The van der Waals surface area contributed by atoms with E-state index in [1.807, 2.05) is 0 Å². The van der Waals surface area contributed by atoms with Gasteiger partial charge in [0, 0.05) is 13.0 Å². The maximum Gasteiger partial charge on any atom is 0.335 e. The summed E-state index contributed by atoms with van der Waals surface area (Å²) in [5.74, 6) is -4.85. The summed E-state index contributed by atoms with van der Waals surface area (Å²) in [6, 6.07) is 3.30. The Labute approximate surface area is 102 Å². The van der Waals surface area contributed by atoms with Gasteiger partial charge in [0.15, 0.2) is 0 Å². The zero-order valence-electron chi connectivity index (χ0n) is 9.50. The van der Waals surface area contributed by atoms with Crippen LogP contribution in [-0.2, 0) is 0 Å². The van der Waals surface area contributed by atoms with Crippen LogP contribution in [0.5, 0.6) is 0 Å². The van der Waals surface area contributed by atoms with Crippen molar-refractivity contribution in [2.75, 3.05) is 18.0 Å². The first kappa shape index (κ1) is 12.7. The summed E-state index contributed by atoms with van der Waals surface area (Å²) < 4.78 is 40.1. The number of carbonyl (C=O) groups is 1. The standard InChI is InChI=1S/C12H12F3NO2/c13-9-6-8(11(17)18)2-3-10(9)16-5-1-4-12(14,15)7-16/h2-3,6H,1,4-5,7H2,(H,17,18). The van der Waals surface area contributed by atoms with Crippen molar-refractivity contribution in [3.63, 3.8) is 0 Å². The molecular weight excluding hydrogens is 247 g/mol. The van der Waals surface area contributed by atoms with Gasteiger partial charge in [0.25, 0.3) is 5.92 Å². The third-order valence-corrected chi connectivity index (χ3v) is 2.93. The SMILES string of the molecule is O=C(O)c1ccc(N2CCCC(F)(F)C2)c(F)c1. The fourth-order valence-electron chi connectivity index (χ4n) is 2.07. The van der Waals surface area contributed by atoms with Gasteiger partial charge in [-0.3, -0.25) is 0 Å². The van der Waals surface area contributed by atoms with Crippen molar-refractivity contribution >= 4 is 11.7 Å². The average molecular weight is 259 g/mol. The Morgan fingerprint density at radius 3 is 2.67 bits per heavy atom. The molecule has 0 aliphatic carbocycles. The number of nitrogens with zero attached hydrogens (tertiary/aromatic N) is 1. The Morgan fingerprint density at radius 2 is 2.11 bits per heavy atom. The molecule has 0 atom stereocenters. The molecule has 2 rings (SSSR count). The molecule has 0 amide bonds. The fraction of sp³-hybridized carbons (Fsp3) is 0.417. The van der Waals surface area contributed by atoms with E-state index < -0.39 is 24.3 Å². The summed E-state index contributed by atoms with van der Waals surface area (Å²) in [6.45, 7) is -0.185. The predicted octanol–water partition coefficient (Wildman–Crippen LogP) is 2.76. The van der Waals surface area contributed by atoms with Crippen LogP contribution in [0.2, 0.25) is 0 Å². The van der Waals surface area contributed by atoms with Crippen LogP contribution < -0.4 is 4.90 Å². The largest absolute Gasteiger partial charge is 0.478 e. The third kappa shape index (κ3) is 2.57. The van der Waals surface area contributed by atoms with Gasteiger partial charge >= 0.3 is 5.97 Å². The van der Waals surface area contributed by atoms with E-state index in [1.54, 1.807) is 0 Å². The van der Waals surface area contributed by atoms with Gasteiger partial charge in [-0.15, -0.1) is 0 Å². The van der Waals surface area contributed by atoms with E-state index in [2.05, 4.69) is 0 Å². The molecule has 1 fully saturated rings. The van der Waals surface area contributed by atoms with Crippen molar-refractivity contribution in [1.82, 2.24) is 0 Å². The van der Waals surface area contributed by atoms with Gasteiger partial charge in [0.2, 0.25) is 0 Å². The van der Waals surface area contributed by atoms with Crippen LogP contribution in [0.15, 0.2) is 18.2 Å². The minimum absolute atomic E-state index is 0.0272. The monoisotopic (exact) mass is 259 g/mol. The Kier molecular flexibility index (Phi) is 3.19. The minimum Gasteiger partial charge on any atom is -0.478 e. The molecule has 1 saturated heterocycles. The van der Waals surface area contributed by atoms with Crippen molar-refractivity contribution in [1.29, 1.82) is 0 Å². The predicted molar refractivity (Wildman–Crippen MR) is 59.8 cm³/mol. The lowest BCUT2D eigenvalue weighted by molar-refractivity contribution is -0.0118. The summed E-state index contributed by atoms with van der Waals surface area (Å²) in [7, 11) is 0. The highest BCUT2D eigenvalue weighted by Gasteiger charge is 2.35. The number of halogens is 3. The van der Waals surface area contributed by atoms with E-state index in [-0.39, 0.29) is 24.1 Å². The quantitative estimate of drug-likeness (QED) is 0.887. The Morgan fingerprint density at radius 1 is 1.39 bits per heavy atom. The summed E-state index contributed by atoms with van der Waals surface area (Å²) in [6.07, 6.45) is 0.0887. The maximum atomic E-state index is 13.7. The molecule has 0 radical (unpaired) electrons. The normalized spacial score (nSPS) is 18.7. The first-order valence-electron chi connectivity index (χ1n) is 5.55. The zero-order valence-corrected chi connectivity index (χ0v) is 9.50. The molecule has 0 bridgehead atoms. The van der Waals surface area contributed by atoms with Gasteiger partial charge in [0.1, 0.15) is 5.82 Å². The number of anilines is 1. The molecule has 1 aliphatic heterocycles. The van der Waals surface area contributed by atoms with Gasteiger partial charge < -0.3 is 10.0 Å². The maximum absolute atomic E-state index is 13.7. The zero-order chi connectivity index (χ0) is 13.3. The molecule has 1 aromatic carbocycles. The highest BCUT2D eigenvalue weighted by atomic mass is 19.3. The molecule has 18 heavy (non-hydrogen) atoms. The number of piperidine rings is 1. The van der Waals surface area contributed by atoms with E-state index in [9.17, 15) is 18.0 Å². The molecule has 0 saturated carbocycles. The molecule has 0 aromatic heterocycles. The molecule has 1 N–H and O–H groups in total. The smallest absolute Gasteiger partial charge is 0.335 e. The van der Waals surface area contributed by atoms with E-state index >= 15 is 0 Å². The number of hydrogen-bond donors (Lipinski definition) is 1. The van der Waals surface area contributed by atoms with Crippen LogP contribution in [0.4, 0.5) is 18.9 Å². The van der Waals surface area contributed by atoms with Crippen LogP contribution in [0.1, 0.15) is 23.2 Å². The van der Waals surface area contributed by atoms with Gasteiger partial charge in [-0.05, 0) is 24.6 Å². The van der Waals surface area contributed by atoms with Gasteiger partial charge in [-0.1, -0.05) is 0 Å². The number of aromatic carboxylic acids is 1. The van der Waals surface area contributed by atoms with Crippen LogP contribution >= 0.6 is 0 Å². The highest BCUT2D eigenvalue weighted by Crippen LogP contribution is 2.31. The van der Waals surface area contributed by atoms with Gasteiger partial charge in [-0.25, -0.2) is 18.0 Å². The molecule has 6 heteroatoms. The summed E-state index contributed by atoms with van der Waals surface area (Å²) in [5, 5.41) is 8.69. The number of benzene rings is 1. The number of alkyl halides is 2. The summed E-state index contributed by atoms with van der Waals surface area (Å²) in [5.41, 5.74) is -0.167. The van der Waals surface area contributed by atoms with E-state index in [1.165, 1.54) is 17.0 Å². The van der Waals surface area contributed by atoms with Crippen molar-refractivity contribution in [3.8, 4) is 0 Å². The van der Waals surface area contributed by atoms with E-state index in [0.29, 0.717) is 6.54 Å². The summed E-state index contributed by atoms with van der Waals surface area (Å²) in [4.78, 5) is 11.9. The Hall–Kier alpha value is -1.72. The van der Waals surface area contributed by atoms with E-state index in [0.717, 1.165) is 6.07 Å². The van der Waals surface area contributed by atoms with Crippen molar-refractivity contribution in [3.05, 3.63) is 29.6 Å². The lowest BCUT2D eigenvalue weighted by Crippen LogP contribution is -2.43. The lowest BCUT2D eigenvalue weighted by Gasteiger charge is -2.34. The third-order valence-electron chi connectivity index (χ3n) is 2.93. The number of carboxylic acid groups (broad SMARTS) is 1. The fourth-order valence-corrected chi connectivity index (χ4v) is 2.07. The second-order valence-electron chi connectivity index (χ2n) is 4.35. The Bertz CT molecular complexity index is 476. The van der Waals surface area contributed by atoms with Gasteiger partial charge in [-0.2, -0.15) is 0 Å². The second kappa shape index (κ2) is 4.51. The van der Waals surface area contributed by atoms with E-state index in [4.69, 9.17) is 5.11 Å². The number of carboxylic acids is 1. The van der Waals surface area contributed by atoms with Crippen LogP contribution in [0, 0.1) is 5.82 Å². The van der Waals surface area contributed by atoms with Crippen molar-refractivity contribution in [2.45, 2.75) is 18.8 Å². The molecule has 0 spiro atoms. The lowest BCUT2D eigenvalue weighted by atomic mass is 10.1.